The molecular formula is C89H147NO32P2. The van der Waals surface area contributed by atoms with Crippen LogP contribution in [0.4, 0.5) is 0 Å². The Morgan fingerprint density at radius 1 is 0.387 bits per heavy atom. The van der Waals surface area contributed by atoms with Crippen LogP contribution in [0.25, 0.3) is 0 Å². The predicted octanol–water partition coefficient (Wildman–Crippen LogP) is 9.31. The first-order valence-corrected chi connectivity index (χ1v) is 46.3. The topological polar surface area (TPSA) is 504 Å². The Morgan fingerprint density at radius 3 is 1.14 bits per heavy atom. The summed E-state index contributed by atoms with van der Waals surface area (Å²) in [6.45, 7) is 24.8. The quantitative estimate of drug-likeness (QED) is 0.0153. The highest BCUT2D eigenvalue weighted by Gasteiger charge is 2.58. The lowest BCUT2D eigenvalue weighted by Crippen LogP contribution is -2.69. The molecule has 5 saturated heterocycles. The molecular weight excluding hydrogens is 1660 g/mol. The maximum atomic E-state index is 14.0. The van der Waals surface area contributed by atoms with Crippen LogP contribution in [-0.4, -0.2) is 275 Å². The third kappa shape index (κ3) is 38.5. The number of carbonyl (C=O) groups is 2. The zero-order valence-corrected chi connectivity index (χ0v) is 76.8. The number of phosphoric ester groups is 2. The van der Waals surface area contributed by atoms with Crippen molar-refractivity contribution in [1.82, 2.24) is 5.32 Å². The SMILES string of the molecule is CC(=O)N[C@H]1[C@@H](OP(=O)(O)OP(=O)(O)OC/C=C(\C)CC/C=C(/C)CC/C=C(/C)CC/C=C(/C)CC/C=C(/C)CC/C=C(/C)CC/C=C(/C)CC/C=C(/C)CC/C=C(\C)CC/C=C(\C)CCC=C(C)C)O[C@H](CO[C@H]2O[C@H](CO)[C@@H](O)[C@H](O)[C@H]2O)[C@@H](O)[C@@H]1O[C@@H]1O[C@@H](C)[C@H](O)[C@@H](O[C@H]2O[C@H](CO[C@@H]3O[C@@H]([C@H](O)CO)[C@H](O)[C@H]3O)[C@@H](O)[C@H](O)[C@H]2O)[C@H]1OC(C)=O. The summed E-state index contributed by atoms with van der Waals surface area (Å²) in [5, 5.41) is 142. The van der Waals surface area contributed by atoms with Gasteiger partial charge >= 0.3 is 21.6 Å². The lowest BCUT2D eigenvalue weighted by atomic mass is 9.95. The van der Waals surface area contributed by atoms with Gasteiger partial charge in [-0.25, -0.2) is 9.13 Å². The third-order valence-corrected chi connectivity index (χ3v) is 25.0. The van der Waals surface area contributed by atoms with Crippen LogP contribution in [0, 0.1) is 0 Å². The molecule has 0 saturated carbocycles. The van der Waals surface area contributed by atoms with E-state index >= 15 is 0 Å². The molecule has 0 spiro atoms. The van der Waals surface area contributed by atoms with E-state index in [0.717, 1.165) is 135 Å². The van der Waals surface area contributed by atoms with E-state index in [1.807, 2.05) is 6.92 Å². The van der Waals surface area contributed by atoms with E-state index in [-0.39, 0.29) is 0 Å². The number of rotatable bonds is 52. The maximum absolute atomic E-state index is 14.0. The average molecular weight is 1810 g/mol. The van der Waals surface area contributed by atoms with Crippen LogP contribution in [0.5, 0.6) is 0 Å². The smallest absolute Gasteiger partial charge is 0.454 e. The summed E-state index contributed by atoms with van der Waals surface area (Å²) in [6, 6.07) is -2.08. The van der Waals surface area contributed by atoms with E-state index in [1.165, 1.54) is 63.2 Å². The van der Waals surface area contributed by atoms with Crippen LogP contribution >= 0.6 is 15.6 Å². The Bertz CT molecular complexity index is 3720. The fraction of sp³-hybridized carbons (Fsp3) is 0.730. The summed E-state index contributed by atoms with van der Waals surface area (Å²) in [7, 11) is -11.6. The van der Waals surface area contributed by atoms with Crippen LogP contribution in [0.3, 0.4) is 0 Å². The highest BCUT2D eigenvalue weighted by Crippen LogP contribution is 2.61. The molecule has 16 N–H and O–H groups in total. The lowest BCUT2D eigenvalue weighted by molar-refractivity contribution is -0.373. The van der Waals surface area contributed by atoms with Gasteiger partial charge in [-0.3, -0.25) is 18.6 Å². The van der Waals surface area contributed by atoms with Gasteiger partial charge in [-0.1, -0.05) is 128 Å². The highest BCUT2D eigenvalue weighted by atomic mass is 31.3. The molecule has 5 aliphatic rings. The molecule has 33 nitrogen and oxygen atoms in total. The van der Waals surface area contributed by atoms with Gasteiger partial charge < -0.3 is 129 Å². The summed E-state index contributed by atoms with van der Waals surface area (Å²) >= 11 is 0. The molecule has 0 aliphatic carbocycles. The molecule has 0 bridgehead atoms. The zero-order chi connectivity index (χ0) is 92.3. The Labute approximate surface area is 732 Å². The van der Waals surface area contributed by atoms with Gasteiger partial charge in [0.15, 0.2) is 37.6 Å². The number of hydrogen-bond donors (Lipinski definition) is 16. The lowest BCUT2D eigenvalue weighted by Gasteiger charge is -2.49. The van der Waals surface area contributed by atoms with E-state index in [9.17, 15) is 94.9 Å². The molecule has 710 valence electrons. The number of ether oxygens (including phenoxy) is 10. The Balaban J connectivity index is 1.11. The molecule has 5 aliphatic heterocycles. The Hall–Kier alpha value is -4.54. The molecule has 0 aromatic rings. The molecule has 35 heteroatoms. The number of nitrogens with one attached hydrogen (secondary N) is 1. The fourth-order valence-corrected chi connectivity index (χ4v) is 16.7. The fourth-order valence-electron chi connectivity index (χ4n) is 14.7. The van der Waals surface area contributed by atoms with Gasteiger partial charge in [0.05, 0.1) is 39.1 Å². The van der Waals surface area contributed by atoms with E-state index in [1.54, 1.807) is 6.92 Å². The Morgan fingerprint density at radius 2 is 0.742 bits per heavy atom. The molecule has 27 atom stereocenters. The zero-order valence-electron chi connectivity index (χ0n) is 75.0. The van der Waals surface area contributed by atoms with Gasteiger partial charge in [-0.15, -0.1) is 0 Å². The number of allylic oxidation sites excluding steroid dienone is 21. The molecule has 5 fully saturated rings. The van der Waals surface area contributed by atoms with Crippen molar-refractivity contribution < 1.29 is 156 Å². The number of esters is 1. The molecule has 0 radical (unpaired) electrons. The van der Waals surface area contributed by atoms with Crippen LogP contribution < -0.4 is 5.32 Å². The van der Waals surface area contributed by atoms with E-state index in [4.69, 9.17) is 60.7 Å². The van der Waals surface area contributed by atoms with Crippen molar-refractivity contribution >= 4 is 27.5 Å². The minimum Gasteiger partial charge on any atom is -0.454 e. The number of phosphoric acid groups is 2. The Kier molecular flexibility index (Phi) is 49.3. The van der Waals surface area contributed by atoms with Crippen LogP contribution in [0.1, 0.15) is 232 Å². The first-order valence-electron chi connectivity index (χ1n) is 43.3. The van der Waals surface area contributed by atoms with Gasteiger partial charge in [0, 0.05) is 13.8 Å². The third-order valence-electron chi connectivity index (χ3n) is 22.4. The normalized spacial score (nSPS) is 32.6. The minimum absolute atomic E-state index is 0.503. The number of amides is 1. The van der Waals surface area contributed by atoms with E-state index < -0.39 is 214 Å². The molecule has 2 unspecified atom stereocenters. The second-order valence-corrected chi connectivity index (χ2v) is 36.9. The van der Waals surface area contributed by atoms with E-state index in [0.29, 0.717) is 18.4 Å². The van der Waals surface area contributed by atoms with Crippen molar-refractivity contribution in [3.05, 3.63) is 128 Å². The summed E-state index contributed by atoms with van der Waals surface area (Å²) in [6.07, 6.45) is -1.40. The standard InChI is InChI=1S/C89H147NO32P2/c1-52(2)26-16-27-53(3)28-17-29-54(4)30-18-31-55(5)32-19-33-56(6)34-20-35-57(7)36-21-37-58(8)38-22-39-59(9)40-23-41-60(10)42-24-43-61(11)44-25-45-62(12)46-47-112-123(106,107)122-124(108,109)121-85-70(90-64(14)93)82(74(99)69(116-85)51-110-86-78(103)75(100)72(97)67(49-92)115-86)119-89-84(114-65(15)94)83(71(96)63(13)113-89)120-88-79(104)76(101)73(98)68(117-88)50-111-87-80(105)77(102)81(118-87)66(95)48-91/h26,28,30,32,34,36,38,40,42,44,46,63,66-89,91-92,95-105H,16-25,27,29,31,33,35,37,39,41,43,45,47-51H2,1-15H3,(H,90,93)(H,106,107)(H,108,109)/b53-28+,54-30+,55-32-,56-34-,57-36-,58-38-,59-40-,60-42-,61-44-,62-46+/t63-,66+,67+,68+,69+,70+,71-,72+,73+,74+,75-,76-,77+,78+,79+,80+,81-,82+,83+,84+,85+,86-,87+,88+,89-/m0/s1. The van der Waals surface area contributed by atoms with Crippen molar-refractivity contribution in [2.45, 2.75) is 386 Å². The van der Waals surface area contributed by atoms with Gasteiger partial charge in [-0.05, 0) is 218 Å². The first kappa shape index (κ1) is 110. The monoisotopic (exact) mass is 1800 g/mol. The minimum atomic E-state index is -6.01. The molecule has 124 heavy (non-hydrogen) atoms. The van der Waals surface area contributed by atoms with Gasteiger partial charge in [0.2, 0.25) is 5.91 Å². The molecule has 5 heterocycles. The number of hydrogen-bond acceptors (Lipinski definition) is 30. The summed E-state index contributed by atoms with van der Waals surface area (Å²) < 4.78 is 100.0. The molecule has 0 aromatic carbocycles. The van der Waals surface area contributed by atoms with Crippen molar-refractivity contribution in [2.75, 3.05) is 33.0 Å². The van der Waals surface area contributed by atoms with Crippen LogP contribution in [0.15, 0.2) is 128 Å². The molecule has 0 aromatic heterocycles. The van der Waals surface area contributed by atoms with Crippen molar-refractivity contribution in [3.63, 3.8) is 0 Å². The highest BCUT2D eigenvalue weighted by molar-refractivity contribution is 7.61. The van der Waals surface area contributed by atoms with Crippen molar-refractivity contribution in [1.29, 1.82) is 0 Å². The largest absolute Gasteiger partial charge is 0.483 e. The average Bonchev–Trinajstić information content (AvgIpc) is 0.868. The van der Waals surface area contributed by atoms with E-state index in [2.05, 4.69) is 135 Å². The second-order valence-electron chi connectivity index (χ2n) is 33.9. The number of aliphatic hydroxyl groups is 13. The summed E-state index contributed by atoms with van der Waals surface area (Å²) in [5.41, 5.74) is 14.7. The van der Waals surface area contributed by atoms with Gasteiger partial charge in [-0.2, -0.15) is 4.31 Å². The second kappa shape index (κ2) is 55.6. The molecule has 5 rings (SSSR count). The van der Waals surface area contributed by atoms with Crippen molar-refractivity contribution in [3.8, 4) is 0 Å². The van der Waals surface area contributed by atoms with Crippen LogP contribution in [-0.2, 0) is 79.4 Å². The van der Waals surface area contributed by atoms with Crippen molar-refractivity contribution in [2.24, 2.45) is 0 Å². The van der Waals surface area contributed by atoms with Gasteiger partial charge in [0.25, 0.3) is 0 Å². The number of carbonyl (C=O) groups excluding carboxylic acids is 2. The summed E-state index contributed by atoms with van der Waals surface area (Å²) in [4.78, 5) is 48.2. The van der Waals surface area contributed by atoms with Crippen LogP contribution in [0.2, 0.25) is 0 Å². The molecule has 1 amide bonds. The number of aliphatic hydroxyl groups excluding tert-OH is 13. The van der Waals surface area contributed by atoms with Gasteiger partial charge in [0.1, 0.15) is 110 Å². The first-order chi connectivity index (χ1) is 58.4. The summed E-state index contributed by atoms with van der Waals surface area (Å²) in [5.74, 6) is -2.12. The maximum Gasteiger partial charge on any atom is 0.483 e. The predicted molar refractivity (Wildman–Crippen MR) is 461 cm³/mol.